The van der Waals surface area contributed by atoms with Gasteiger partial charge >= 0.3 is 0 Å². The standard InChI is InChI=1S/C19H26N4O/c1-22(2)19-20-12-15(13-21-19)14-23-10-6-9-17(23)11-18(24)16-7-4-3-5-8-16/h3-5,7-8,12-13,17-18,24H,6,9-11,14H2,1-2H3. The third-order valence-electron chi connectivity index (χ3n) is 4.66. The van der Waals surface area contributed by atoms with Gasteiger partial charge in [-0.25, -0.2) is 9.97 Å². The molecule has 1 aliphatic rings. The van der Waals surface area contributed by atoms with Crippen molar-refractivity contribution in [1.29, 1.82) is 0 Å². The summed E-state index contributed by atoms with van der Waals surface area (Å²) in [5.41, 5.74) is 2.13. The molecule has 0 bridgehead atoms. The van der Waals surface area contributed by atoms with Gasteiger partial charge in [-0.3, -0.25) is 4.90 Å². The molecule has 0 amide bonds. The second-order valence-corrected chi connectivity index (χ2v) is 6.71. The summed E-state index contributed by atoms with van der Waals surface area (Å²) in [6.07, 6.45) is 6.52. The monoisotopic (exact) mass is 326 g/mol. The average Bonchev–Trinajstić information content (AvgIpc) is 3.03. The smallest absolute Gasteiger partial charge is 0.224 e. The van der Waals surface area contributed by atoms with E-state index in [4.69, 9.17) is 0 Å². The number of anilines is 1. The molecule has 1 N–H and O–H groups in total. The second kappa shape index (κ2) is 7.73. The summed E-state index contributed by atoms with van der Waals surface area (Å²) in [6.45, 7) is 1.92. The molecule has 2 aromatic rings. The van der Waals surface area contributed by atoms with E-state index in [9.17, 15) is 5.11 Å². The first-order valence-electron chi connectivity index (χ1n) is 8.59. The molecule has 128 valence electrons. The fourth-order valence-corrected chi connectivity index (χ4v) is 3.33. The first-order chi connectivity index (χ1) is 11.6. The third kappa shape index (κ3) is 4.10. The number of hydrogen-bond acceptors (Lipinski definition) is 5. The van der Waals surface area contributed by atoms with Crippen LogP contribution in [0, 0.1) is 0 Å². The molecular weight excluding hydrogens is 300 g/mol. The molecule has 2 atom stereocenters. The van der Waals surface area contributed by atoms with Crippen molar-refractivity contribution in [2.45, 2.75) is 38.0 Å². The number of benzene rings is 1. The van der Waals surface area contributed by atoms with Crippen molar-refractivity contribution >= 4 is 5.95 Å². The van der Waals surface area contributed by atoms with Gasteiger partial charge in [0.1, 0.15) is 0 Å². The maximum atomic E-state index is 10.5. The van der Waals surface area contributed by atoms with Gasteiger partial charge in [0, 0.05) is 44.6 Å². The van der Waals surface area contributed by atoms with E-state index in [0.29, 0.717) is 6.04 Å². The number of hydrogen-bond donors (Lipinski definition) is 1. The summed E-state index contributed by atoms with van der Waals surface area (Å²) in [4.78, 5) is 13.1. The first-order valence-corrected chi connectivity index (χ1v) is 8.59. The Labute approximate surface area is 144 Å². The molecule has 2 unspecified atom stereocenters. The molecule has 5 nitrogen and oxygen atoms in total. The Hall–Kier alpha value is -1.98. The Morgan fingerprint density at radius 2 is 1.92 bits per heavy atom. The van der Waals surface area contributed by atoms with Crippen LogP contribution in [0.2, 0.25) is 0 Å². The van der Waals surface area contributed by atoms with Crippen molar-refractivity contribution in [2.75, 3.05) is 25.5 Å². The minimum atomic E-state index is -0.399. The van der Waals surface area contributed by atoms with E-state index >= 15 is 0 Å². The van der Waals surface area contributed by atoms with E-state index in [2.05, 4.69) is 14.9 Å². The molecule has 0 aliphatic carbocycles. The summed E-state index contributed by atoms with van der Waals surface area (Å²) in [5, 5.41) is 10.5. The van der Waals surface area contributed by atoms with E-state index in [1.165, 1.54) is 6.42 Å². The molecule has 5 heteroatoms. The lowest BCUT2D eigenvalue weighted by molar-refractivity contribution is 0.118. The molecule has 0 spiro atoms. The lowest BCUT2D eigenvalue weighted by atomic mass is 10.0. The predicted molar refractivity (Wildman–Crippen MR) is 95.8 cm³/mol. The molecule has 1 fully saturated rings. The highest BCUT2D eigenvalue weighted by Gasteiger charge is 2.27. The van der Waals surface area contributed by atoms with Crippen LogP contribution in [0.25, 0.3) is 0 Å². The number of aliphatic hydroxyl groups is 1. The highest BCUT2D eigenvalue weighted by molar-refractivity contribution is 5.26. The lowest BCUT2D eigenvalue weighted by Crippen LogP contribution is -2.30. The van der Waals surface area contributed by atoms with Gasteiger partial charge in [0.05, 0.1) is 6.10 Å². The molecule has 1 aliphatic heterocycles. The molecule has 0 radical (unpaired) electrons. The summed E-state index contributed by atoms with van der Waals surface area (Å²) in [7, 11) is 3.88. The zero-order chi connectivity index (χ0) is 16.9. The SMILES string of the molecule is CN(C)c1ncc(CN2CCCC2CC(O)c2ccccc2)cn1. The summed E-state index contributed by atoms with van der Waals surface area (Å²) in [5.74, 6) is 0.733. The van der Waals surface area contributed by atoms with Gasteiger partial charge < -0.3 is 10.0 Å². The molecule has 24 heavy (non-hydrogen) atoms. The molecule has 3 rings (SSSR count). The van der Waals surface area contributed by atoms with Crippen LogP contribution in [0.1, 0.15) is 36.5 Å². The minimum absolute atomic E-state index is 0.399. The van der Waals surface area contributed by atoms with Gasteiger partial charge in [-0.2, -0.15) is 0 Å². The van der Waals surface area contributed by atoms with E-state index in [1.807, 2.05) is 61.7 Å². The largest absolute Gasteiger partial charge is 0.388 e. The minimum Gasteiger partial charge on any atom is -0.388 e. The Kier molecular flexibility index (Phi) is 5.43. The molecular formula is C19H26N4O. The molecule has 0 saturated carbocycles. The normalized spacial score (nSPS) is 19.4. The van der Waals surface area contributed by atoms with Crippen LogP contribution in [-0.4, -0.2) is 46.7 Å². The Bertz CT molecular complexity index is 630. The van der Waals surface area contributed by atoms with E-state index in [1.54, 1.807) is 0 Å². The van der Waals surface area contributed by atoms with Crippen molar-refractivity contribution in [1.82, 2.24) is 14.9 Å². The Morgan fingerprint density at radius 3 is 2.58 bits per heavy atom. The number of aromatic nitrogens is 2. The average molecular weight is 326 g/mol. The topological polar surface area (TPSA) is 52.5 Å². The van der Waals surface area contributed by atoms with Crippen LogP contribution in [0.5, 0.6) is 0 Å². The van der Waals surface area contributed by atoms with Crippen LogP contribution in [0.4, 0.5) is 5.95 Å². The molecule has 1 aromatic heterocycles. The van der Waals surface area contributed by atoms with Crippen LogP contribution >= 0.6 is 0 Å². The third-order valence-corrected chi connectivity index (χ3v) is 4.66. The van der Waals surface area contributed by atoms with Crippen LogP contribution < -0.4 is 4.90 Å². The van der Waals surface area contributed by atoms with Crippen LogP contribution in [0.15, 0.2) is 42.7 Å². The number of nitrogens with zero attached hydrogens (tertiary/aromatic N) is 4. The van der Waals surface area contributed by atoms with Crippen molar-refractivity contribution in [2.24, 2.45) is 0 Å². The van der Waals surface area contributed by atoms with E-state index in [0.717, 1.165) is 43.0 Å². The number of likely N-dealkylation sites (tertiary alicyclic amines) is 1. The highest BCUT2D eigenvalue weighted by atomic mass is 16.3. The van der Waals surface area contributed by atoms with Gasteiger partial charge in [-0.15, -0.1) is 0 Å². The van der Waals surface area contributed by atoms with Gasteiger partial charge in [-0.05, 0) is 31.4 Å². The van der Waals surface area contributed by atoms with Gasteiger partial charge in [0.15, 0.2) is 0 Å². The van der Waals surface area contributed by atoms with Gasteiger partial charge in [0.25, 0.3) is 0 Å². The van der Waals surface area contributed by atoms with Crippen molar-refractivity contribution in [3.63, 3.8) is 0 Å². The molecule has 1 saturated heterocycles. The number of rotatable bonds is 6. The zero-order valence-corrected chi connectivity index (χ0v) is 14.5. The van der Waals surface area contributed by atoms with Crippen molar-refractivity contribution in [3.05, 3.63) is 53.9 Å². The Morgan fingerprint density at radius 1 is 1.21 bits per heavy atom. The summed E-state index contributed by atoms with van der Waals surface area (Å²) < 4.78 is 0. The quantitative estimate of drug-likeness (QED) is 0.884. The summed E-state index contributed by atoms with van der Waals surface area (Å²) in [6, 6.07) is 10.3. The van der Waals surface area contributed by atoms with E-state index in [-0.39, 0.29) is 0 Å². The van der Waals surface area contributed by atoms with Crippen LogP contribution in [0.3, 0.4) is 0 Å². The zero-order valence-electron chi connectivity index (χ0n) is 14.5. The Balaban J connectivity index is 1.61. The van der Waals surface area contributed by atoms with Gasteiger partial charge in [0.2, 0.25) is 5.95 Å². The van der Waals surface area contributed by atoms with Crippen molar-refractivity contribution < 1.29 is 5.11 Å². The number of aliphatic hydroxyl groups excluding tert-OH is 1. The van der Waals surface area contributed by atoms with Crippen molar-refractivity contribution in [3.8, 4) is 0 Å². The maximum absolute atomic E-state index is 10.5. The first kappa shape index (κ1) is 16.9. The lowest BCUT2D eigenvalue weighted by Gasteiger charge is -2.26. The molecule has 1 aromatic carbocycles. The fraction of sp³-hybridized carbons (Fsp3) is 0.474. The van der Waals surface area contributed by atoms with Crippen LogP contribution in [-0.2, 0) is 6.54 Å². The second-order valence-electron chi connectivity index (χ2n) is 6.71. The maximum Gasteiger partial charge on any atom is 0.224 e. The summed E-state index contributed by atoms with van der Waals surface area (Å²) >= 11 is 0. The predicted octanol–water partition coefficient (Wildman–Crippen LogP) is 2.63. The van der Waals surface area contributed by atoms with Gasteiger partial charge in [-0.1, -0.05) is 30.3 Å². The molecule has 2 heterocycles. The highest BCUT2D eigenvalue weighted by Crippen LogP contribution is 2.28. The fourth-order valence-electron chi connectivity index (χ4n) is 3.33. The van der Waals surface area contributed by atoms with E-state index < -0.39 is 6.10 Å².